The number of benzene rings is 2. The molecule has 1 heterocycles. The summed E-state index contributed by atoms with van der Waals surface area (Å²) < 4.78 is 70.6. The number of likely N-dealkylation sites (tertiary alicyclic amines) is 1. The molecule has 184 valence electrons. The van der Waals surface area contributed by atoms with Crippen LogP contribution in [0.25, 0.3) is 0 Å². The van der Waals surface area contributed by atoms with Gasteiger partial charge >= 0.3 is 6.18 Å². The first-order chi connectivity index (χ1) is 15.9. The molecule has 34 heavy (non-hydrogen) atoms. The largest absolute Gasteiger partial charge is 0.497 e. The summed E-state index contributed by atoms with van der Waals surface area (Å²) in [6.07, 6.45) is -3.92. The summed E-state index contributed by atoms with van der Waals surface area (Å²) in [4.78, 5) is 26.5. The SMILES string of the molecule is COc1ccc(NS(=O)(=O)c2ccc(C)c(C(=O)N3CCCC3C(=O)NCC(F)(F)F)c2)cc1. The number of ether oxygens (including phenoxy) is 1. The minimum atomic E-state index is -4.57. The number of halogens is 3. The predicted molar refractivity (Wildman–Crippen MR) is 118 cm³/mol. The van der Waals surface area contributed by atoms with E-state index in [0.29, 0.717) is 17.7 Å². The van der Waals surface area contributed by atoms with E-state index >= 15 is 0 Å². The van der Waals surface area contributed by atoms with Gasteiger partial charge in [0.05, 0.1) is 12.0 Å². The second-order valence-electron chi connectivity index (χ2n) is 7.80. The molecule has 1 aliphatic rings. The molecule has 0 aromatic heterocycles. The average Bonchev–Trinajstić information content (AvgIpc) is 3.27. The van der Waals surface area contributed by atoms with Crippen molar-refractivity contribution in [1.82, 2.24) is 10.2 Å². The number of hydrogen-bond donors (Lipinski definition) is 2. The van der Waals surface area contributed by atoms with E-state index in [1.54, 1.807) is 19.1 Å². The van der Waals surface area contributed by atoms with Crippen molar-refractivity contribution in [2.45, 2.75) is 36.9 Å². The van der Waals surface area contributed by atoms with Crippen LogP contribution in [0.3, 0.4) is 0 Å². The number of aryl methyl sites for hydroxylation is 1. The molecule has 2 N–H and O–H groups in total. The van der Waals surface area contributed by atoms with E-state index < -0.39 is 40.6 Å². The molecule has 8 nitrogen and oxygen atoms in total. The van der Waals surface area contributed by atoms with Crippen LogP contribution in [-0.2, 0) is 14.8 Å². The Hall–Kier alpha value is -3.28. The average molecular weight is 500 g/mol. The topological polar surface area (TPSA) is 105 Å². The lowest BCUT2D eigenvalue weighted by atomic mass is 10.1. The van der Waals surface area contributed by atoms with Gasteiger partial charge in [-0.2, -0.15) is 13.2 Å². The van der Waals surface area contributed by atoms with Crippen molar-refractivity contribution in [2.75, 3.05) is 24.9 Å². The molecule has 1 saturated heterocycles. The maximum absolute atomic E-state index is 13.2. The fourth-order valence-corrected chi connectivity index (χ4v) is 4.70. The van der Waals surface area contributed by atoms with Gasteiger partial charge in [0.15, 0.2) is 0 Å². The van der Waals surface area contributed by atoms with Gasteiger partial charge in [0, 0.05) is 17.8 Å². The van der Waals surface area contributed by atoms with Crippen molar-refractivity contribution in [3.8, 4) is 5.75 Å². The highest BCUT2D eigenvalue weighted by Crippen LogP contribution is 2.25. The van der Waals surface area contributed by atoms with Crippen LogP contribution in [0, 0.1) is 6.92 Å². The van der Waals surface area contributed by atoms with E-state index in [1.165, 1.54) is 42.3 Å². The second kappa shape index (κ2) is 9.92. The van der Waals surface area contributed by atoms with E-state index in [2.05, 4.69) is 4.72 Å². The normalized spacial score (nSPS) is 16.3. The van der Waals surface area contributed by atoms with E-state index in [4.69, 9.17) is 4.74 Å². The van der Waals surface area contributed by atoms with Crippen LogP contribution in [0.4, 0.5) is 18.9 Å². The summed E-state index contributed by atoms with van der Waals surface area (Å²) in [5.74, 6) is -0.972. The van der Waals surface area contributed by atoms with Crippen LogP contribution in [0.5, 0.6) is 5.75 Å². The Bertz CT molecular complexity index is 1170. The highest BCUT2D eigenvalue weighted by molar-refractivity contribution is 7.92. The molecule has 0 saturated carbocycles. The van der Waals surface area contributed by atoms with Crippen LogP contribution in [-0.4, -0.2) is 57.5 Å². The number of nitrogens with zero attached hydrogens (tertiary/aromatic N) is 1. The standard InChI is InChI=1S/C22H24F3N3O5S/c1-14-5-10-17(34(31,32)27-15-6-8-16(33-2)9-7-15)12-18(14)21(30)28-11-3-4-19(28)20(29)26-13-22(23,24)25/h5-10,12,19,27H,3-4,11,13H2,1-2H3,(H,26,29). The molecule has 2 aromatic carbocycles. The van der Waals surface area contributed by atoms with Gasteiger partial charge < -0.3 is 15.0 Å². The van der Waals surface area contributed by atoms with Gasteiger partial charge in [0.1, 0.15) is 18.3 Å². The van der Waals surface area contributed by atoms with Crippen molar-refractivity contribution < 1.29 is 35.9 Å². The number of hydrogen-bond acceptors (Lipinski definition) is 5. The maximum atomic E-state index is 13.2. The van der Waals surface area contributed by atoms with Crippen molar-refractivity contribution in [2.24, 2.45) is 0 Å². The Balaban J connectivity index is 1.81. The fraction of sp³-hybridized carbons (Fsp3) is 0.364. The highest BCUT2D eigenvalue weighted by atomic mass is 32.2. The van der Waals surface area contributed by atoms with Gasteiger partial charge in [0.25, 0.3) is 15.9 Å². The Morgan fingerprint density at radius 3 is 2.44 bits per heavy atom. The third kappa shape index (κ3) is 5.99. The summed E-state index contributed by atoms with van der Waals surface area (Å²) in [7, 11) is -2.57. The predicted octanol–water partition coefficient (Wildman–Crippen LogP) is 3.09. The molecular formula is C22H24F3N3O5S. The van der Waals surface area contributed by atoms with Crippen molar-refractivity contribution >= 4 is 27.5 Å². The van der Waals surface area contributed by atoms with Gasteiger partial charge in [-0.05, 0) is 61.7 Å². The molecule has 0 radical (unpaired) electrons. The molecule has 2 amide bonds. The number of sulfonamides is 1. The first-order valence-electron chi connectivity index (χ1n) is 10.3. The minimum Gasteiger partial charge on any atom is -0.497 e. The lowest BCUT2D eigenvalue weighted by molar-refractivity contribution is -0.140. The lowest BCUT2D eigenvalue weighted by Crippen LogP contribution is -2.48. The van der Waals surface area contributed by atoms with E-state index in [1.807, 2.05) is 5.32 Å². The number of carbonyl (C=O) groups is 2. The summed E-state index contributed by atoms with van der Waals surface area (Å²) >= 11 is 0. The molecule has 0 spiro atoms. The number of alkyl halides is 3. The van der Waals surface area contributed by atoms with Gasteiger partial charge in [0.2, 0.25) is 5.91 Å². The molecule has 0 bridgehead atoms. The van der Waals surface area contributed by atoms with Crippen LogP contribution in [0.15, 0.2) is 47.4 Å². The molecule has 1 unspecified atom stereocenters. The van der Waals surface area contributed by atoms with E-state index in [-0.39, 0.29) is 29.1 Å². The monoisotopic (exact) mass is 499 g/mol. The number of amides is 2. The van der Waals surface area contributed by atoms with Crippen LogP contribution >= 0.6 is 0 Å². The van der Waals surface area contributed by atoms with Gasteiger partial charge in [-0.1, -0.05) is 6.07 Å². The molecular weight excluding hydrogens is 475 g/mol. The summed E-state index contributed by atoms with van der Waals surface area (Å²) in [6.45, 7) is 0.285. The summed E-state index contributed by atoms with van der Waals surface area (Å²) in [5, 5.41) is 1.81. The van der Waals surface area contributed by atoms with Crippen molar-refractivity contribution in [3.63, 3.8) is 0 Å². The third-order valence-electron chi connectivity index (χ3n) is 5.37. The number of carbonyl (C=O) groups excluding carboxylic acids is 2. The first-order valence-corrected chi connectivity index (χ1v) is 11.8. The molecule has 2 aromatic rings. The van der Waals surface area contributed by atoms with Gasteiger partial charge in [-0.15, -0.1) is 0 Å². The molecule has 1 atom stereocenters. The highest BCUT2D eigenvalue weighted by Gasteiger charge is 2.37. The molecule has 1 aliphatic heterocycles. The Morgan fingerprint density at radius 1 is 1.15 bits per heavy atom. The number of nitrogens with one attached hydrogen (secondary N) is 2. The number of rotatable bonds is 7. The smallest absolute Gasteiger partial charge is 0.405 e. The van der Waals surface area contributed by atoms with E-state index in [0.717, 1.165) is 0 Å². The molecule has 1 fully saturated rings. The quantitative estimate of drug-likeness (QED) is 0.609. The van der Waals surface area contributed by atoms with Gasteiger partial charge in [-0.25, -0.2) is 8.42 Å². The Labute approximate surface area is 195 Å². The third-order valence-corrected chi connectivity index (χ3v) is 6.75. The number of anilines is 1. The van der Waals surface area contributed by atoms with E-state index in [9.17, 15) is 31.2 Å². The lowest BCUT2D eigenvalue weighted by Gasteiger charge is -2.25. The maximum Gasteiger partial charge on any atom is 0.405 e. The minimum absolute atomic E-state index is 0.0492. The Kier molecular flexibility index (Phi) is 7.39. The van der Waals surface area contributed by atoms with Crippen molar-refractivity contribution in [1.29, 1.82) is 0 Å². The van der Waals surface area contributed by atoms with Crippen molar-refractivity contribution in [3.05, 3.63) is 53.6 Å². The zero-order valence-electron chi connectivity index (χ0n) is 18.5. The molecule has 3 rings (SSSR count). The summed E-state index contributed by atoms with van der Waals surface area (Å²) in [6, 6.07) is 9.15. The van der Waals surface area contributed by atoms with Crippen LogP contribution < -0.4 is 14.8 Å². The second-order valence-corrected chi connectivity index (χ2v) is 9.48. The number of methoxy groups -OCH3 is 1. The van der Waals surface area contributed by atoms with Gasteiger partial charge in [-0.3, -0.25) is 14.3 Å². The first kappa shape index (κ1) is 25.3. The zero-order chi connectivity index (χ0) is 25.1. The zero-order valence-corrected chi connectivity index (χ0v) is 19.3. The molecule has 0 aliphatic carbocycles. The van der Waals surface area contributed by atoms with Crippen LogP contribution in [0.2, 0.25) is 0 Å². The molecule has 12 heteroatoms. The van der Waals surface area contributed by atoms with Crippen LogP contribution in [0.1, 0.15) is 28.8 Å². The summed E-state index contributed by atoms with van der Waals surface area (Å²) in [5.41, 5.74) is 0.804. The Morgan fingerprint density at radius 2 is 1.82 bits per heavy atom. The fourth-order valence-electron chi connectivity index (χ4n) is 3.61.